The van der Waals surface area contributed by atoms with Crippen molar-refractivity contribution < 1.29 is 0 Å². The number of hydrogen-bond acceptors (Lipinski definition) is 3. The molecule has 2 atom stereocenters. The standard InChI is InChI=1S/C22H23Cl2N3O/c1-27(22-12-21(28)15-5-2-3-6-18(15)26-22)20-8-4-7-19(20)25-13-14-9-10-16(23)17(24)11-14/h2-3,5-6,9-12,19-20,25H,4,7-8,13H2,1H3,(H,26,28). The third kappa shape index (κ3) is 3.90. The topological polar surface area (TPSA) is 48.1 Å². The van der Waals surface area contributed by atoms with Crippen LogP contribution in [-0.2, 0) is 6.54 Å². The van der Waals surface area contributed by atoms with Crippen molar-refractivity contribution in [2.24, 2.45) is 0 Å². The van der Waals surface area contributed by atoms with Gasteiger partial charge in [-0.15, -0.1) is 0 Å². The summed E-state index contributed by atoms with van der Waals surface area (Å²) in [7, 11) is 2.06. The molecular formula is C22H23Cl2N3O. The first-order chi connectivity index (χ1) is 13.5. The highest BCUT2D eigenvalue weighted by molar-refractivity contribution is 6.42. The molecule has 1 aromatic heterocycles. The lowest BCUT2D eigenvalue weighted by Gasteiger charge is -2.32. The smallest absolute Gasteiger partial charge is 0.191 e. The lowest BCUT2D eigenvalue weighted by Crippen LogP contribution is -2.45. The van der Waals surface area contributed by atoms with E-state index >= 15 is 0 Å². The van der Waals surface area contributed by atoms with Crippen LogP contribution in [0.5, 0.6) is 0 Å². The Hall–Kier alpha value is -2.01. The molecule has 146 valence electrons. The van der Waals surface area contributed by atoms with Crippen LogP contribution in [0.15, 0.2) is 53.3 Å². The van der Waals surface area contributed by atoms with Crippen LogP contribution >= 0.6 is 23.2 Å². The maximum Gasteiger partial charge on any atom is 0.191 e. The fourth-order valence-electron chi connectivity index (χ4n) is 4.09. The number of para-hydroxylation sites is 1. The van der Waals surface area contributed by atoms with Crippen LogP contribution in [0, 0.1) is 0 Å². The van der Waals surface area contributed by atoms with E-state index in [1.807, 2.05) is 42.5 Å². The fraction of sp³-hybridized carbons (Fsp3) is 0.318. The number of anilines is 1. The van der Waals surface area contributed by atoms with Gasteiger partial charge in [0.05, 0.1) is 15.6 Å². The third-order valence-electron chi connectivity index (χ3n) is 5.63. The molecular weight excluding hydrogens is 393 g/mol. The van der Waals surface area contributed by atoms with Crippen molar-refractivity contribution in [3.63, 3.8) is 0 Å². The molecule has 0 radical (unpaired) electrons. The van der Waals surface area contributed by atoms with E-state index in [2.05, 4.69) is 22.2 Å². The Kier molecular flexibility index (Phi) is 5.63. The molecule has 0 aliphatic heterocycles. The number of H-pyrrole nitrogens is 1. The minimum atomic E-state index is 0.0505. The van der Waals surface area contributed by atoms with Crippen LogP contribution in [0.25, 0.3) is 10.9 Å². The van der Waals surface area contributed by atoms with Gasteiger partial charge in [0.1, 0.15) is 5.82 Å². The van der Waals surface area contributed by atoms with E-state index in [0.29, 0.717) is 22.1 Å². The normalized spacial score (nSPS) is 19.2. The number of aromatic amines is 1. The zero-order chi connectivity index (χ0) is 19.7. The molecule has 2 aromatic carbocycles. The molecule has 0 bridgehead atoms. The number of fused-ring (bicyclic) bond motifs is 1. The van der Waals surface area contributed by atoms with Crippen LogP contribution in [-0.4, -0.2) is 24.1 Å². The Morgan fingerprint density at radius 2 is 1.93 bits per heavy atom. The summed E-state index contributed by atoms with van der Waals surface area (Å²) in [6.07, 6.45) is 3.35. The van der Waals surface area contributed by atoms with E-state index in [9.17, 15) is 4.79 Å². The minimum absolute atomic E-state index is 0.0505. The number of halogens is 2. The van der Waals surface area contributed by atoms with Gasteiger partial charge in [-0.3, -0.25) is 4.79 Å². The maximum absolute atomic E-state index is 12.5. The molecule has 1 aliphatic carbocycles. The van der Waals surface area contributed by atoms with Crippen LogP contribution in [0.4, 0.5) is 5.82 Å². The van der Waals surface area contributed by atoms with Crippen molar-refractivity contribution >= 4 is 39.9 Å². The number of aromatic nitrogens is 1. The molecule has 3 aromatic rings. The zero-order valence-corrected chi connectivity index (χ0v) is 17.2. The van der Waals surface area contributed by atoms with Crippen LogP contribution in [0.3, 0.4) is 0 Å². The van der Waals surface area contributed by atoms with Gasteiger partial charge < -0.3 is 15.2 Å². The highest BCUT2D eigenvalue weighted by Crippen LogP contribution is 2.28. The summed E-state index contributed by atoms with van der Waals surface area (Å²) < 4.78 is 0. The summed E-state index contributed by atoms with van der Waals surface area (Å²) in [5, 5.41) is 5.54. The van der Waals surface area contributed by atoms with Gasteiger partial charge in [-0.2, -0.15) is 0 Å². The first-order valence-electron chi connectivity index (χ1n) is 9.55. The molecule has 0 saturated heterocycles. The molecule has 2 unspecified atom stereocenters. The number of nitrogens with one attached hydrogen (secondary N) is 2. The van der Waals surface area contributed by atoms with Crippen LogP contribution in [0.1, 0.15) is 24.8 Å². The van der Waals surface area contributed by atoms with E-state index in [4.69, 9.17) is 23.2 Å². The van der Waals surface area contributed by atoms with Gasteiger partial charge in [-0.1, -0.05) is 41.4 Å². The third-order valence-corrected chi connectivity index (χ3v) is 6.37. The van der Waals surface area contributed by atoms with E-state index in [1.165, 1.54) is 0 Å². The molecule has 1 fully saturated rings. The Morgan fingerprint density at radius 3 is 2.75 bits per heavy atom. The summed E-state index contributed by atoms with van der Waals surface area (Å²) >= 11 is 12.1. The second-order valence-corrected chi connectivity index (χ2v) is 8.22. The van der Waals surface area contributed by atoms with Crippen molar-refractivity contribution in [1.29, 1.82) is 0 Å². The Labute approximate surface area is 174 Å². The largest absolute Gasteiger partial charge is 0.357 e. The first-order valence-corrected chi connectivity index (χ1v) is 10.3. The molecule has 0 spiro atoms. The Balaban J connectivity index is 1.51. The zero-order valence-electron chi connectivity index (χ0n) is 15.7. The number of rotatable bonds is 5. The molecule has 1 saturated carbocycles. The van der Waals surface area contributed by atoms with E-state index in [0.717, 1.165) is 48.1 Å². The van der Waals surface area contributed by atoms with Crippen molar-refractivity contribution in [1.82, 2.24) is 10.3 Å². The van der Waals surface area contributed by atoms with Crippen molar-refractivity contribution in [2.75, 3.05) is 11.9 Å². The van der Waals surface area contributed by atoms with E-state index < -0.39 is 0 Å². The Morgan fingerprint density at radius 1 is 1.11 bits per heavy atom. The highest BCUT2D eigenvalue weighted by atomic mass is 35.5. The van der Waals surface area contributed by atoms with Gasteiger partial charge >= 0.3 is 0 Å². The molecule has 28 heavy (non-hydrogen) atoms. The second kappa shape index (κ2) is 8.16. The molecule has 4 rings (SSSR count). The van der Waals surface area contributed by atoms with Gasteiger partial charge in [0, 0.05) is 37.1 Å². The van der Waals surface area contributed by atoms with Gasteiger partial charge in [0.2, 0.25) is 0 Å². The minimum Gasteiger partial charge on any atom is -0.357 e. The first kappa shape index (κ1) is 19.3. The number of nitrogens with zero attached hydrogens (tertiary/aromatic N) is 1. The molecule has 4 nitrogen and oxygen atoms in total. The van der Waals surface area contributed by atoms with Crippen molar-refractivity contribution in [3.8, 4) is 0 Å². The Bertz CT molecular complexity index is 1050. The average Bonchev–Trinajstić information content (AvgIpc) is 3.17. The van der Waals surface area contributed by atoms with E-state index in [1.54, 1.807) is 6.07 Å². The predicted octanol–water partition coefficient (Wildman–Crippen LogP) is 4.98. The van der Waals surface area contributed by atoms with Gasteiger partial charge in [-0.25, -0.2) is 0 Å². The number of pyridine rings is 1. The molecule has 0 amide bonds. The number of likely N-dealkylation sites (N-methyl/N-ethyl adjacent to an activating group) is 1. The second-order valence-electron chi connectivity index (χ2n) is 7.41. The van der Waals surface area contributed by atoms with Gasteiger partial charge in [0.15, 0.2) is 5.43 Å². The highest BCUT2D eigenvalue weighted by Gasteiger charge is 2.30. The number of hydrogen-bond donors (Lipinski definition) is 2. The fourth-order valence-corrected chi connectivity index (χ4v) is 4.41. The lowest BCUT2D eigenvalue weighted by atomic mass is 10.1. The average molecular weight is 416 g/mol. The van der Waals surface area contributed by atoms with E-state index in [-0.39, 0.29) is 5.43 Å². The number of benzene rings is 2. The van der Waals surface area contributed by atoms with Crippen molar-refractivity contribution in [3.05, 3.63) is 74.4 Å². The maximum atomic E-state index is 12.5. The monoisotopic (exact) mass is 415 g/mol. The molecule has 1 heterocycles. The van der Waals surface area contributed by atoms with Gasteiger partial charge in [0.25, 0.3) is 0 Å². The predicted molar refractivity (Wildman–Crippen MR) is 118 cm³/mol. The van der Waals surface area contributed by atoms with Crippen molar-refractivity contribution in [2.45, 2.75) is 37.9 Å². The summed E-state index contributed by atoms with van der Waals surface area (Å²) in [5.74, 6) is 0.858. The van der Waals surface area contributed by atoms with Gasteiger partial charge in [-0.05, 0) is 49.1 Å². The summed E-state index contributed by atoms with van der Waals surface area (Å²) in [6.45, 7) is 0.736. The lowest BCUT2D eigenvalue weighted by molar-refractivity contribution is 0.461. The molecule has 6 heteroatoms. The molecule has 2 N–H and O–H groups in total. The molecule has 1 aliphatic rings. The SMILES string of the molecule is CN(c1cc(=O)c2ccccc2[nH]1)C1CCCC1NCc1ccc(Cl)c(Cl)c1. The van der Waals surface area contributed by atoms with Crippen LogP contribution in [0.2, 0.25) is 10.0 Å². The quantitative estimate of drug-likeness (QED) is 0.617. The summed E-state index contributed by atoms with van der Waals surface area (Å²) in [4.78, 5) is 18.1. The van der Waals surface area contributed by atoms with Crippen LogP contribution < -0.4 is 15.6 Å². The summed E-state index contributed by atoms with van der Waals surface area (Å²) in [6, 6.07) is 15.7. The summed E-state index contributed by atoms with van der Waals surface area (Å²) in [5.41, 5.74) is 2.03.